The van der Waals surface area contributed by atoms with Gasteiger partial charge in [0.05, 0.1) is 0 Å². The summed E-state index contributed by atoms with van der Waals surface area (Å²) >= 11 is 0. The number of benzene rings is 3. The third-order valence-electron chi connectivity index (χ3n) is 6.99. The summed E-state index contributed by atoms with van der Waals surface area (Å²) in [6.07, 6.45) is 1.86. The normalized spacial score (nSPS) is 18.3. The summed E-state index contributed by atoms with van der Waals surface area (Å²) in [6.45, 7) is 5.97. The van der Waals surface area contributed by atoms with Gasteiger partial charge in [0, 0.05) is 44.3 Å². The number of piperidine rings is 1. The molecule has 5 heteroatoms. The Bertz CT molecular complexity index is 1060. The van der Waals surface area contributed by atoms with Gasteiger partial charge < -0.3 is 9.80 Å². The van der Waals surface area contributed by atoms with E-state index in [4.69, 9.17) is 0 Å². The van der Waals surface area contributed by atoms with Crippen LogP contribution in [0.3, 0.4) is 0 Å². The van der Waals surface area contributed by atoms with E-state index in [9.17, 15) is 9.18 Å². The largest absolute Gasteiger partial charge is 0.368 e. The van der Waals surface area contributed by atoms with Crippen LogP contribution in [0.1, 0.15) is 18.4 Å². The van der Waals surface area contributed by atoms with Crippen LogP contribution in [0, 0.1) is 11.7 Å². The van der Waals surface area contributed by atoms with E-state index < -0.39 is 0 Å². The lowest BCUT2D eigenvalue weighted by molar-refractivity contribution is -0.137. The molecule has 0 unspecified atom stereocenters. The highest BCUT2D eigenvalue weighted by molar-refractivity contribution is 5.85. The number of hydrogen-bond acceptors (Lipinski definition) is 3. The lowest BCUT2D eigenvalue weighted by Crippen LogP contribution is -2.51. The first-order valence-corrected chi connectivity index (χ1v) is 11.7. The highest BCUT2D eigenvalue weighted by Crippen LogP contribution is 2.25. The summed E-state index contributed by atoms with van der Waals surface area (Å²) < 4.78 is 13.2. The fourth-order valence-corrected chi connectivity index (χ4v) is 5.10. The Labute approximate surface area is 189 Å². The molecule has 0 N–H and O–H groups in total. The summed E-state index contributed by atoms with van der Waals surface area (Å²) in [5.74, 6) is 0.235. The molecule has 2 saturated heterocycles. The van der Waals surface area contributed by atoms with Crippen LogP contribution in [0.2, 0.25) is 0 Å². The third kappa shape index (κ3) is 4.49. The van der Waals surface area contributed by atoms with E-state index in [1.807, 2.05) is 17.0 Å². The van der Waals surface area contributed by atoms with Gasteiger partial charge in [-0.05, 0) is 66.5 Å². The Morgan fingerprint density at radius 1 is 0.812 bits per heavy atom. The molecule has 32 heavy (non-hydrogen) atoms. The minimum absolute atomic E-state index is 0.135. The maximum absolute atomic E-state index is 13.2. The van der Waals surface area contributed by atoms with Crippen LogP contribution in [0.15, 0.2) is 66.7 Å². The molecule has 166 valence electrons. The number of anilines is 1. The molecule has 2 aliphatic heterocycles. The molecule has 0 spiro atoms. The van der Waals surface area contributed by atoms with Crippen molar-refractivity contribution in [1.82, 2.24) is 9.80 Å². The number of nitrogens with zero attached hydrogens (tertiary/aromatic N) is 3. The number of rotatable bonds is 4. The first kappa shape index (κ1) is 21.0. The average molecular weight is 432 g/mol. The van der Waals surface area contributed by atoms with E-state index in [1.54, 1.807) is 0 Å². The molecule has 3 aromatic carbocycles. The van der Waals surface area contributed by atoms with Gasteiger partial charge in [-0.3, -0.25) is 9.69 Å². The van der Waals surface area contributed by atoms with Gasteiger partial charge in [0.1, 0.15) is 5.82 Å². The second-order valence-electron chi connectivity index (χ2n) is 8.98. The standard InChI is InChI=1S/C27H30FN3O/c28-24-8-10-25(11-9-24)30-16-18-31(19-17-30)27(32)22-12-14-29(15-13-22)20-23-6-3-5-21-4-1-2-7-26(21)23/h1-11,22H,12-20H2. The zero-order valence-corrected chi connectivity index (χ0v) is 18.4. The molecular formula is C27H30FN3O. The molecule has 0 saturated carbocycles. The summed E-state index contributed by atoms with van der Waals surface area (Å²) in [7, 11) is 0. The van der Waals surface area contributed by atoms with Gasteiger partial charge in [0.15, 0.2) is 0 Å². The van der Waals surface area contributed by atoms with Crippen molar-refractivity contribution in [3.8, 4) is 0 Å². The third-order valence-corrected chi connectivity index (χ3v) is 6.99. The maximum atomic E-state index is 13.2. The molecule has 2 fully saturated rings. The number of piperazine rings is 1. The van der Waals surface area contributed by atoms with Gasteiger partial charge in [-0.25, -0.2) is 4.39 Å². The summed E-state index contributed by atoms with van der Waals surface area (Å²) in [4.78, 5) is 19.9. The molecule has 0 aromatic heterocycles. The van der Waals surface area contributed by atoms with E-state index in [0.717, 1.165) is 64.3 Å². The van der Waals surface area contributed by atoms with E-state index in [-0.39, 0.29) is 11.7 Å². The zero-order chi connectivity index (χ0) is 21.9. The lowest BCUT2D eigenvalue weighted by Gasteiger charge is -2.39. The van der Waals surface area contributed by atoms with Crippen LogP contribution >= 0.6 is 0 Å². The number of carbonyl (C=O) groups is 1. The molecule has 0 aliphatic carbocycles. The molecule has 1 amide bonds. The Kier molecular flexibility index (Phi) is 6.08. The van der Waals surface area contributed by atoms with Crippen LogP contribution in [-0.2, 0) is 11.3 Å². The van der Waals surface area contributed by atoms with Crippen molar-refractivity contribution in [2.75, 3.05) is 44.2 Å². The van der Waals surface area contributed by atoms with Gasteiger partial charge in [-0.1, -0.05) is 42.5 Å². The van der Waals surface area contributed by atoms with Crippen LogP contribution in [0.25, 0.3) is 10.8 Å². The molecule has 0 radical (unpaired) electrons. The van der Waals surface area contributed by atoms with Crippen LogP contribution in [0.4, 0.5) is 10.1 Å². The highest BCUT2D eigenvalue weighted by Gasteiger charge is 2.30. The lowest BCUT2D eigenvalue weighted by atomic mass is 9.94. The SMILES string of the molecule is O=C(C1CCN(Cc2cccc3ccccc23)CC1)N1CCN(c2ccc(F)cc2)CC1. The summed E-state index contributed by atoms with van der Waals surface area (Å²) in [6, 6.07) is 21.7. The minimum atomic E-state index is -0.214. The van der Waals surface area contributed by atoms with E-state index in [0.29, 0.717) is 5.91 Å². The molecule has 5 rings (SSSR count). The van der Waals surface area contributed by atoms with E-state index in [1.165, 1.54) is 28.5 Å². The van der Waals surface area contributed by atoms with Crippen molar-refractivity contribution in [2.24, 2.45) is 5.92 Å². The van der Waals surface area contributed by atoms with E-state index in [2.05, 4.69) is 52.3 Å². The fraction of sp³-hybridized carbons (Fsp3) is 0.370. The molecule has 0 atom stereocenters. The van der Waals surface area contributed by atoms with Crippen molar-refractivity contribution in [3.05, 3.63) is 78.1 Å². The summed E-state index contributed by atoms with van der Waals surface area (Å²) in [5.41, 5.74) is 2.39. The Morgan fingerprint density at radius 2 is 1.50 bits per heavy atom. The second-order valence-corrected chi connectivity index (χ2v) is 8.98. The van der Waals surface area contributed by atoms with Crippen molar-refractivity contribution in [1.29, 1.82) is 0 Å². The number of amides is 1. The zero-order valence-electron chi connectivity index (χ0n) is 18.4. The predicted molar refractivity (Wildman–Crippen MR) is 127 cm³/mol. The van der Waals surface area contributed by atoms with Crippen LogP contribution in [-0.4, -0.2) is 55.0 Å². The first-order valence-electron chi connectivity index (χ1n) is 11.7. The topological polar surface area (TPSA) is 26.8 Å². The monoisotopic (exact) mass is 431 g/mol. The second kappa shape index (κ2) is 9.29. The number of halogens is 1. The molecule has 0 bridgehead atoms. The molecule has 2 heterocycles. The number of fused-ring (bicyclic) bond motifs is 1. The predicted octanol–water partition coefficient (Wildman–Crippen LogP) is 4.54. The first-order chi connectivity index (χ1) is 15.7. The fourth-order valence-electron chi connectivity index (χ4n) is 5.10. The molecule has 2 aliphatic rings. The minimum Gasteiger partial charge on any atom is -0.368 e. The van der Waals surface area contributed by atoms with E-state index >= 15 is 0 Å². The van der Waals surface area contributed by atoms with Crippen LogP contribution in [0.5, 0.6) is 0 Å². The average Bonchev–Trinajstić information content (AvgIpc) is 2.85. The van der Waals surface area contributed by atoms with Gasteiger partial charge in [0.25, 0.3) is 0 Å². The molecular weight excluding hydrogens is 401 g/mol. The van der Waals surface area contributed by atoms with Gasteiger partial charge >= 0.3 is 0 Å². The van der Waals surface area contributed by atoms with Crippen molar-refractivity contribution in [2.45, 2.75) is 19.4 Å². The quantitative estimate of drug-likeness (QED) is 0.607. The van der Waals surface area contributed by atoms with Crippen molar-refractivity contribution >= 4 is 22.4 Å². The van der Waals surface area contributed by atoms with Crippen molar-refractivity contribution in [3.63, 3.8) is 0 Å². The summed E-state index contributed by atoms with van der Waals surface area (Å²) in [5, 5.41) is 2.61. The van der Waals surface area contributed by atoms with Crippen LogP contribution < -0.4 is 4.90 Å². The Balaban J connectivity index is 1.13. The van der Waals surface area contributed by atoms with Crippen molar-refractivity contribution < 1.29 is 9.18 Å². The van der Waals surface area contributed by atoms with Gasteiger partial charge in [-0.15, -0.1) is 0 Å². The molecule has 4 nitrogen and oxygen atoms in total. The number of hydrogen-bond donors (Lipinski definition) is 0. The Morgan fingerprint density at radius 3 is 2.25 bits per heavy atom. The highest BCUT2D eigenvalue weighted by atomic mass is 19.1. The molecule has 3 aromatic rings. The maximum Gasteiger partial charge on any atom is 0.225 e. The number of likely N-dealkylation sites (tertiary alicyclic amines) is 1. The van der Waals surface area contributed by atoms with Gasteiger partial charge in [0.2, 0.25) is 5.91 Å². The smallest absolute Gasteiger partial charge is 0.225 e. The van der Waals surface area contributed by atoms with Gasteiger partial charge in [-0.2, -0.15) is 0 Å². The Hall–Kier alpha value is -2.92. The number of carbonyl (C=O) groups excluding carboxylic acids is 1.